The van der Waals surface area contributed by atoms with Gasteiger partial charge in [0.2, 0.25) is 0 Å². The number of halogens is 1. The maximum atomic E-state index is 6.00. The second-order valence-electron chi connectivity index (χ2n) is 2.45. The summed E-state index contributed by atoms with van der Waals surface area (Å²) in [5.74, 6) is 0. The lowest BCUT2D eigenvalue weighted by atomic mass is 10.2. The maximum Gasteiger partial charge on any atom is 0.327 e. The first-order chi connectivity index (χ1) is 5.83. The van der Waals surface area contributed by atoms with Gasteiger partial charge >= 0.3 is 8.35 Å². The normalized spacial score (nSPS) is 10.6. The molecule has 0 aromatic heterocycles. The minimum Gasteiger partial charge on any atom is -0.403 e. The Morgan fingerprint density at radius 2 is 2.00 bits per heavy atom. The molecule has 1 aromatic carbocycles. The molecule has 1 nitrogen and oxygen atoms in total. The van der Waals surface area contributed by atoms with Crippen molar-refractivity contribution in [3.63, 3.8) is 0 Å². The lowest BCUT2D eigenvalue weighted by Crippen LogP contribution is -2.14. The smallest absolute Gasteiger partial charge is 0.327 e. The van der Waals surface area contributed by atoms with Crippen LogP contribution in [-0.4, -0.2) is 15.0 Å². The van der Waals surface area contributed by atoms with Crippen molar-refractivity contribution in [3.8, 4) is 0 Å². The lowest BCUT2D eigenvalue weighted by molar-refractivity contribution is 0.354. The second kappa shape index (κ2) is 5.35. The third kappa shape index (κ3) is 3.39. The van der Waals surface area contributed by atoms with Gasteiger partial charge in [-0.1, -0.05) is 30.3 Å². The van der Waals surface area contributed by atoms with Gasteiger partial charge in [-0.05, 0) is 12.5 Å². The standard InChI is InChI=1S/C9H12ClOSi/c1-2-11-12(10)8-9-6-4-3-5-7-9/h3-7H,2,8H2,1H3. The van der Waals surface area contributed by atoms with Crippen molar-refractivity contribution in [2.45, 2.75) is 13.0 Å². The highest BCUT2D eigenvalue weighted by Crippen LogP contribution is 2.05. The maximum absolute atomic E-state index is 6.00. The Bertz CT molecular complexity index is 215. The summed E-state index contributed by atoms with van der Waals surface area (Å²) in [4.78, 5) is 0. The Morgan fingerprint density at radius 1 is 1.33 bits per heavy atom. The van der Waals surface area contributed by atoms with Gasteiger partial charge in [-0.2, -0.15) is 0 Å². The van der Waals surface area contributed by atoms with E-state index < -0.39 is 8.35 Å². The third-order valence-corrected chi connectivity index (χ3v) is 3.50. The van der Waals surface area contributed by atoms with Crippen LogP contribution in [0, 0.1) is 0 Å². The Kier molecular flexibility index (Phi) is 4.36. The molecule has 12 heavy (non-hydrogen) atoms. The van der Waals surface area contributed by atoms with Crippen LogP contribution >= 0.6 is 11.1 Å². The van der Waals surface area contributed by atoms with Crippen LogP contribution in [0.3, 0.4) is 0 Å². The number of hydrogen-bond donors (Lipinski definition) is 0. The van der Waals surface area contributed by atoms with Crippen LogP contribution in [0.2, 0.25) is 0 Å². The SMILES string of the molecule is CCO[Si](Cl)Cc1ccccc1. The molecule has 0 heterocycles. The van der Waals surface area contributed by atoms with Crippen LogP contribution in [0.4, 0.5) is 0 Å². The Balaban J connectivity index is 2.41. The van der Waals surface area contributed by atoms with Crippen molar-refractivity contribution in [2.24, 2.45) is 0 Å². The number of benzene rings is 1. The monoisotopic (exact) mass is 199 g/mol. The summed E-state index contributed by atoms with van der Waals surface area (Å²) >= 11 is 6.00. The van der Waals surface area contributed by atoms with Crippen LogP contribution in [0.25, 0.3) is 0 Å². The van der Waals surface area contributed by atoms with E-state index in [0.29, 0.717) is 6.61 Å². The summed E-state index contributed by atoms with van der Waals surface area (Å²) in [5, 5.41) is 0. The fourth-order valence-electron chi connectivity index (χ4n) is 0.964. The quantitative estimate of drug-likeness (QED) is 0.535. The van der Waals surface area contributed by atoms with Crippen LogP contribution in [-0.2, 0) is 10.5 Å². The molecule has 1 radical (unpaired) electrons. The van der Waals surface area contributed by atoms with E-state index in [0.717, 1.165) is 6.04 Å². The lowest BCUT2D eigenvalue weighted by Gasteiger charge is -2.05. The van der Waals surface area contributed by atoms with Crippen molar-refractivity contribution < 1.29 is 4.43 Å². The molecular weight excluding hydrogens is 188 g/mol. The second-order valence-corrected chi connectivity index (χ2v) is 5.07. The molecule has 0 aliphatic carbocycles. The summed E-state index contributed by atoms with van der Waals surface area (Å²) in [7, 11) is -1.12. The molecule has 0 aliphatic rings. The van der Waals surface area contributed by atoms with E-state index in [2.05, 4.69) is 12.1 Å². The molecule has 0 spiro atoms. The Labute approximate surface area is 79.7 Å². The van der Waals surface area contributed by atoms with Crippen molar-refractivity contribution in [1.82, 2.24) is 0 Å². The summed E-state index contributed by atoms with van der Waals surface area (Å²) in [5.41, 5.74) is 1.26. The summed E-state index contributed by atoms with van der Waals surface area (Å²) < 4.78 is 5.31. The van der Waals surface area contributed by atoms with Gasteiger partial charge in [0.15, 0.2) is 0 Å². The van der Waals surface area contributed by atoms with Crippen LogP contribution in [0.1, 0.15) is 12.5 Å². The molecule has 0 bridgehead atoms. The molecule has 0 unspecified atom stereocenters. The van der Waals surface area contributed by atoms with Crippen molar-refractivity contribution in [1.29, 1.82) is 0 Å². The fourth-order valence-corrected chi connectivity index (χ4v) is 2.73. The first-order valence-electron chi connectivity index (χ1n) is 4.01. The van der Waals surface area contributed by atoms with Gasteiger partial charge in [0, 0.05) is 12.7 Å². The van der Waals surface area contributed by atoms with Gasteiger partial charge < -0.3 is 4.43 Å². The molecule has 0 saturated carbocycles. The summed E-state index contributed by atoms with van der Waals surface area (Å²) in [6, 6.07) is 11.1. The number of hydrogen-bond acceptors (Lipinski definition) is 1. The molecule has 1 aromatic rings. The Morgan fingerprint density at radius 3 is 2.58 bits per heavy atom. The third-order valence-electron chi connectivity index (χ3n) is 1.49. The fraction of sp³-hybridized carbons (Fsp3) is 0.333. The number of rotatable bonds is 4. The zero-order valence-corrected chi connectivity index (χ0v) is 8.84. The van der Waals surface area contributed by atoms with E-state index in [9.17, 15) is 0 Å². The molecule has 0 saturated heterocycles. The van der Waals surface area contributed by atoms with E-state index in [1.165, 1.54) is 5.56 Å². The van der Waals surface area contributed by atoms with E-state index in [1.807, 2.05) is 25.1 Å². The van der Waals surface area contributed by atoms with Crippen LogP contribution in [0.15, 0.2) is 30.3 Å². The summed E-state index contributed by atoms with van der Waals surface area (Å²) in [6.45, 7) is 2.68. The van der Waals surface area contributed by atoms with E-state index in [-0.39, 0.29) is 0 Å². The molecule has 1 rings (SSSR count). The van der Waals surface area contributed by atoms with Gasteiger partial charge in [0.1, 0.15) is 0 Å². The Hall–Kier alpha value is -0.313. The van der Waals surface area contributed by atoms with Crippen LogP contribution < -0.4 is 0 Å². The average molecular weight is 200 g/mol. The molecule has 3 heteroatoms. The molecule has 65 valence electrons. The molecule has 0 aliphatic heterocycles. The largest absolute Gasteiger partial charge is 0.403 e. The predicted octanol–water partition coefficient (Wildman–Crippen LogP) is 2.53. The van der Waals surface area contributed by atoms with Gasteiger partial charge in [0.25, 0.3) is 0 Å². The van der Waals surface area contributed by atoms with Gasteiger partial charge in [-0.15, -0.1) is 11.1 Å². The highest BCUT2D eigenvalue weighted by Gasteiger charge is 2.08. The van der Waals surface area contributed by atoms with E-state index in [1.54, 1.807) is 0 Å². The van der Waals surface area contributed by atoms with E-state index in [4.69, 9.17) is 15.5 Å². The van der Waals surface area contributed by atoms with Crippen molar-refractivity contribution in [2.75, 3.05) is 6.61 Å². The topological polar surface area (TPSA) is 9.23 Å². The first kappa shape index (κ1) is 9.77. The molecular formula is C9H12ClOSi. The van der Waals surface area contributed by atoms with Gasteiger partial charge in [-0.3, -0.25) is 0 Å². The highest BCUT2D eigenvalue weighted by molar-refractivity contribution is 7.02. The van der Waals surface area contributed by atoms with Crippen molar-refractivity contribution >= 4 is 19.4 Å². The van der Waals surface area contributed by atoms with Gasteiger partial charge in [0.05, 0.1) is 0 Å². The predicted molar refractivity (Wildman–Crippen MR) is 53.4 cm³/mol. The van der Waals surface area contributed by atoms with Crippen molar-refractivity contribution in [3.05, 3.63) is 35.9 Å². The highest BCUT2D eigenvalue weighted by atomic mass is 35.6. The molecule has 0 amide bonds. The molecule has 0 atom stereocenters. The minimum atomic E-state index is -1.12. The zero-order valence-electron chi connectivity index (χ0n) is 7.09. The first-order valence-corrected chi connectivity index (χ1v) is 6.63. The van der Waals surface area contributed by atoms with Gasteiger partial charge in [-0.25, -0.2) is 0 Å². The van der Waals surface area contributed by atoms with Crippen LogP contribution in [0.5, 0.6) is 0 Å². The van der Waals surface area contributed by atoms with E-state index >= 15 is 0 Å². The average Bonchev–Trinajstić information content (AvgIpc) is 2.06. The molecule has 0 N–H and O–H groups in total. The summed E-state index contributed by atoms with van der Waals surface area (Å²) in [6.07, 6.45) is 0. The minimum absolute atomic E-state index is 0.713. The zero-order chi connectivity index (χ0) is 8.81. The molecule has 0 fully saturated rings.